The van der Waals surface area contributed by atoms with Gasteiger partial charge in [0, 0.05) is 5.56 Å². The minimum absolute atomic E-state index is 0.215. The van der Waals surface area contributed by atoms with Crippen molar-refractivity contribution in [2.24, 2.45) is 0 Å². The monoisotopic (exact) mass is 371 g/mol. The maximum atomic E-state index is 12.5. The van der Waals surface area contributed by atoms with E-state index in [0.29, 0.717) is 27.7 Å². The standard InChI is InChI=1S/C17H13N3O3S2/c1-22-11-5-6-12(23-2)15-14(11)19-17(25-15)20-16(21)9-3-4-10-13(7-9)24-8-18-10/h3-8H,1-2H3,(H,19,20,21). The van der Waals surface area contributed by atoms with E-state index in [-0.39, 0.29) is 5.91 Å². The van der Waals surface area contributed by atoms with Crippen LogP contribution in [0.2, 0.25) is 0 Å². The van der Waals surface area contributed by atoms with Gasteiger partial charge in [-0.25, -0.2) is 9.97 Å². The molecule has 4 rings (SSSR count). The van der Waals surface area contributed by atoms with E-state index in [1.54, 1.807) is 31.9 Å². The van der Waals surface area contributed by atoms with E-state index in [4.69, 9.17) is 9.47 Å². The Kier molecular flexibility index (Phi) is 3.98. The third-order valence-electron chi connectivity index (χ3n) is 3.72. The van der Waals surface area contributed by atoms with Crippen LogP contribution in [-0.2, 0) is 0 Å². The van der Waals surface area contributed by atoms with Crippen LogP contribution in [0.4, 0.5) is 5.13 Å². The number of amides is 1. The number of rotatable bonds is 4. The quantitative estimate of drug-likeness (QED) is 0.583. The Labute approximate surface area is 151 Å². The van der Waals surface area contributed by atoms with Gasteiger partial charge in [-0.15, -0.1) is 11.3 Å². The largest absolute Gasteiger partial charge is 0.495 e. The van der Waals surface area contributed by atoms with Crippen molar-refractivity contribution >= 4 is 54.1 Å². The summed E-state index contributed by atoms with van der Waals surface area (Å²) in [5.41, 5.74) is 3.88. The molecule has 2 aromatic carbocycles. The summed E-state index contributed by atoms with van der Waals surface area (Å²) in [5.74, 6) is 1.12. The molecular formula is C17H13N3O3S2. The number of anilines is 1. The normalized spacial score (nSPS) is 11.0. The number of hydrogen-bond donors (Lipinski definition) is 1. The lowest BCUT2D eigenvalue weighted by atomic mass is 10.2. The van der Waals surface area contributed by atoms with Crippen molar-refractivity contribution in [3.05, 3.63) is 41.4 Å². The average Bonchev–Trinajstić information content (AvgIpc) is 3.26. The van der Waals surface area contributed by atoms with Crippen LogP contribution in [0.5, 0.6) is 11.5 Å². The number of benzene rings is 2. The molecule has 0 bridgehead atoms. The molecule has 2 heterocycles. The molecular weight excluding hydrogens is 358 g/mol. The van der Waals surface area contributed by atoms with Crippen LogP contribution in [0.25, 0.3) is 20.4 Å². The smallest absolute Gasteiger partial charge is 0.257 e. The molecule has 0 fully saturated rings. The summed E-state index contributed by atoms with van der Waals surface area (Å²) >= 11 is 2.85. The van der Waals surface area contributed by atoms with E-state index >= 15 is 0 Å². The van der Waals surface area contributed by atoms with Gasteiger partial charge < -0.3 is 9.47 Å². The van der Waals surface area contributed by atoms with Crippen LogP contribution in [0, 0.1) is 0 Å². The molecule has 0 saturated heterocycles. The van der Waals surface area contributed by atoms with E-state index in [1.165, 1.54) is 22.7 Å². The first-order valence-electron chi connectivity index (χ1n) is 7.35. The first-order chi connectivity index (χ1) is 12.2. The molecule has 6 nitrogen and oxygen atoms in total. The predicted octanol–water partition coefficient (Wildman–Crippen LogP) is 4.18. The average molecular weight is 371 g/mol. The molecule has 126 valence electrons. The van der Waals surface area contributed by atoms with Crippen molar-refractivity contribution in [2.45, 2.75) is 0 Å². The van der Waals surface area contributed by atoms with Crippen LogP contribution < -0.4 is 14.8 Å². The summed E-state index contributed by atoms with van der Waals surface area (Å²) in [4.78, 5) is 21.2. The molecule has 0 atom stereocenters. The molecule has 4 aromatic rings. The highest BCUT2D eigenvalue weighted by atomic mass is 32.1. The molecule has 25 heavy (non-hydrogen) atoms. The van der Waals surface area contributed by atoms with Gasteiger partial charge in [-0.2, -0.15) is 0 Å². The summed E-state index contributed by atoms with van der Waals surface area (Å²) in [6.07, 6.45) is 0. The van der Waals surface area contributed by atoms with Gasteiger partial charge in [0.15, 0.2) is 5.13 Å². The Hall–Kier alpha value is -2.71. The van der Waals surface area contributed by atoms with E-state index in [9.17, 15) is 4.79 Å². The van der Waals surface area contributed by atoms with Crippen LogP contribution in [0.15, 0.2) is 35.8 Å². The molecule has 2 aromatic heterocycles. The van der Waals surface area contributed by atoms with Gasteiger partial charge in [0.25, 0.3) is 5.91 Å². The zero-order valence-electron chi connectivity index (χ0n) is 13.4. The fourth-order valence-corrected chi connectivity index (χ4v) is 4.19. The highest BCUT2D eigenvalue weighted by molar-refractivity contribution is 7.22. The highest BCUT2D eigenvalue weighted by Crippen LogP contribution is 2.38. The molecule has 1 N–H and O–H groups in total. The predicted molar refractivity (Wildman–Crippen MR) is 100 cm³/mol. The molecule has 0 radical (unpaired) electrons. The third kappa shape index (κ3) is 2.79. The minimum atomic E-state index is -0.215. The number of ether oxygens (including phenoxy) is 2. The SMILES string of the molecule is COc1ccc(OC)c2sc(NC(=O)c3ccc4ncsc4c3)nc12. The topological polar surface area (TPSA) is 73.3 Å². The zero-order valence-corrected chi connectivity index (χ0v) is 15.0. The van der Waals surface area contributed by atoms with E-state index in [1.807, 2.05) is 18.2 Å². The molecule has 8 heteroatoms. The van der Waals surface area contributed by atoms with Crippen molar-refractivity contribution in [3.8, 4) is 11.5 Å². The number of methoxy groups -OCH3 is 2. The molecule has 0 aliphatic carbocycles. The lowest BCUT2D eigenvalue weighted by molar-refractivity contribution is 0.102. The number of nitrogens with zero attached hydrogens (tertiary/aromatic N) is 2. The van der Waals surface area contributed by atoms with E-state index in [0.717, 1.165) is 14.9 Å². The fourth-order valence-electron chi connectivity index (χ4n) is 2.50. The Morgan fingerprint density at radius 2 is 1.92 bits per heavy atom. The second-order valence-corrected chi connectivity index (χ2v) is 7.04. The Morgan fingerprint density at radius 3 is 2.72 bits per heavy atom. The van der Waals surface area contributed by atoms with Gasteiger partial charge in [-0.3, -0.25) is 10.1 Å². The second kappa shape index (κ2) is 6.30. The minimum Gasteiger partial charge on any atom is -0.495 e. The second-order valence-electron chi connectivity index (χ2n) is 5.16. The molecule has 0 unspecified atom stereocenters. The van der Waals surface area contributed by atoms with Crippen molar-refractivity contribution in [3.63, 3.8) is 0 Å². The summed E-state index contributed by atoms with van der Waals surface area (Å²) in [7, 11) is 3.19. The number of aromatic nitrogens is 2. The lowest BCUT2D eigenvalue weighted by Crippen LogP contribution is -2.11. The summed E-state index contributed by atoms with van der Waals surface area (Å²) in [6.45, 7) is 0. The van der Waals surface area contributed by atoms with Crippen LogP contribution >= 0.6 is 22.7 Å². The lowest BCUT2D eigenvalue weighted by Gasteiger charge is -2.03. The maximum Gasteiger partial charge on any atom is 0.257 e. The van der Waals surface area contributed by atoms with Crippen LogP contribution in [0.3, 0.4) is 0 Å². The van der Waals surface area contributed by atoms with Crippen molar-refractivity contribution in [2.75, 3.05) is 19.5 Å². The van der Waals surface area contributed by atoms with E-state index < -0.39 is 0 Å². The van der Waals surface area contributed by atoms with Crippen molar-refractivity contribution in [1.82, 2.24) is 9.97 Å². The molecule has 0 aliphatic heterocycles. The summed E-state index contributed by atoms with van der Waals surface area (Å²) in [6, 6.07) is 9.04. The van der Waals surface area contributed by atoms with Crippen LogP contribution in [-0.4, -0.2) is 30.1 Å². The van der Waals surface area contributed by atoms with Crippen LogP contribution in [0.1, 0.15) is 10.4 Å². The summed E-state index contributed by atoms with van der Waals surface area (Å²) < 4.78 is 12.5. The molecule has 1 amide bonds. The first-order valence-corrected chi connectivity index (χ1v) is 9.05. The highest BCUT2D eigenvalue weighted by Gasteiger charge is 2.16. The van der Waals surface area contributed by atoms with Gasteiger partial charge in [-0.1, -0.05) is 11.3 Å². The van der Waals surface area contributed by atoms with Gasteiger partial charge in [0.05, 0.1) is 29.9 Å². The molecule has 0 saturated carbocycles. The fraction of sp³-hybridized carbons (Fsp3) is 0.118. The number of nitrogens with one attached hydrogen (secondary N) is 1. The van der Waals surface area contributed by atoms with Gasteiger partial charge >= 0.3 is 0 Å². The Balaban J connectivity index is 1.68. The third-order valence-corrected chi connectivity index (χ3v) is 5.50. The van der Waals surface area contributed by atoms with Gasteiger partial charge in [-0.05, 0) is 30.3 Å². The van der Waals surface area contributed by atoms with E-state index in [2.05, 4.69) is 15.3 Å². The molecule has 0 spiro atoms. The van der Waals surface area contributed by atoms with Gasteiger partial charge in [0.2, 0.25) is 0 Å². The summed E-state index contributed by atoms with van der Waals surface area (Å²) in [5, 5.41) is 3.34. The maximum absolute atomic E-state index is 12.5. The number of carbonyl (C=O) groups excluding carboxylic acids is 1. The first kappa shape index (κ1) is 15.8. The number of carbonyl (C=O) groups is 1. The number of thiazole rings is 2. The van der Waals surface area contributed by atoms with Gasteiger partial charge in [0.1, 0.15) is 21.7 Å². The number of hydrogen-bond acceptors (Lipinski definition) is 7. The number of fused-ring (bicyclic) bond motifs is 2. The Morgan fingerprint density at radius 1 is 1.12 bits per heavy atom. The Bertz CT molecular complexity index is 1050. The van der Waals surface area contributed by atoms with Crippen molar-refractivity contribution in [1.29, 1.82) is 0 Å². The molecule has 0 aliphatic rings. The zero-order chi connectivity index (χ0) is 17.4. The van der Waals surface area contributed by atoms with Crippen molar-refractivity contribution < 1.29 is 14.3 Å².